The lowest BCUT2D eigenvalue weighted by atomic mass is 9.70. The first-order valence-corrected chi connectivity index (χ1v) is 12.4. The number of rotatable bonds is 9. The summed E-state index contributed by atoms with van der Waals surface area (Å²) in [4.78, 5) is 42.3. The lowest BCUT2D eigenvalue weighted by molar-refractivity contribution is -0.146. The highest BCUT2D eigenvalue weighted by molar-refractivity contribution is 5.99. The lowest BCUT2D eigenvalue weighted by Crippen LogP contribution is -2.59. The summed E-state index contributed by atoms with van der Waals surface area (Å²) >= 11 is 0. The maximum Gasteiger partial charge on any atom is 0.246 e. The number of nitrogens with one attached hydrogen (secondary N) is 2. The molecule has 3 aliphatic rings. The Morgan fingerprint density at radius 3 is 2.50 bits per heavy atom. The van der Waals surface area contributed by atoms with Crippen LogP contribution in [0.3, 0.4) is 0 Å². The number of ether oxygens (including phenoxy) is 1. The van der Waals surface area contributed by atoms with Gasteiger partial charge in [-0.25, -0.2) is 0 Å². The van der Waals surface area contributed by atoms with Gasteiger partial charge >= 0.3 is 0 Å². The smallest absolute Gasteiger partial charge is 0.246 e. The van der Waals surface area contributed by atoms with Crippen LogP contribution in [0.4, 0.5) is 0 Å². The Balaban J connectivity index is 1.65. The van der Waals surface area contributed by atoms with Crippen LogP contribution in [0.15, 0.2) is 30.3 Å². The molecule has 0 aromatic heterocycles. The van der Waals surface area contributed by atoms with Crippen LogP contribution in [0, 0.1) is 17.8 Å². The number of benzene rings is 1. The van der Waals surface area contributed by atoms with Crippen molar-refractivity contribution in [1.82, 2.24) is 15.5 Å². The Morgan fingerprint density at radius 1 is 1.18 bits per heavy atom. The fraction of sp³-hybridized carbons (Fsp3) is 0.654. The van der Waals surface area contributed by atoms with Crippen LogP contribution < -0.4 is 10.6 Å². The van der Waals surface area contributed by atoms with Crippen molar-refractivity contribution >= 4 is 17.7 Å². The number of carbonyl (C=O) groups is 3. The molecular formula is C26H37N3O5. The van der Waals surface area contributed by atoms with E-state index in [1.807, 2.05) is 58.0 Å². The number of aliphatic hydroxyl groups is 1. The molecule has 1 spiro atoms. The predicted octanol–water partition coefficient (Wildman–Crippen LogP) is 1.61. The van der Waals surface area contributed by atoms with Gasteiger partial charge in [-0.3, -0.25) is 14.4 Å². The standard InChI is InChI=1S/C26H37N3O5/c1-15(2)12-18(14-30)29-22(24(32)28-16(3)4)26-11-10-19(34-26)20(21(26)25(29)33)23(31)27-13-17-8-6-5-7-9-17/h5-9,15-16,18-22,30H,10-14H2,1-4H3,(H,27,31)(H,28,32)/t18-,19-,20+,21+,22?,26?/m1/s1. The first kappa shape index (κ1) is 24.7. The molecule has 0 aliphatic carbocycles. The van der Waals surface area contributed by atoms with Crippen molar-refractivity contribution < 1.29 is 24.2 Å². The summed E-state index contributed by atoms with van der Waals surface area (Å²) in [6.07, 6.45) is 1.34. The Kier molecular flexibility index (Phi) is 7.01. The number of likely N-dealkylation sites (tertiary alicyclic amines) is 1. The van der Waals surface area contributed by atoms with Crippen LogP contribution in [0.1, 0.15) is 52.5 Å². The van der Waals surface area contributed by atoms with Gasteiger partial charge in [0.15, 0.2) is 0 Å². The second-order valence-corrected chi connectivity index (χ2v) is 10.6. The SMILES string of the molecule is CC(C)C[C@H](CO)N1C(=O)[C@@H]2[C@@H](C(=O)NCc3ccccc3)[C@H]3CCC2(O3)C1C(=O)NC(C)C. The molecule has 0 radical (unpaired) electrons. The molecule has 6 atom stereocenters. The Hall–Kier alpha value is -2.45. The molecular weight excluding hydrogens is 434 g/mol. The van der Waals surface area contributed by atoms with E-state index in [2.05, 4.69) is 10.6 Å². The van der Waals surface area contributed by atoms with Crippen LogP contribution >= 0.6 is 0 Å². The summed E-state index contributed by atoms with van der Waals surface area (Å²) < 4.78 is 6.42. The van der Waals surface area contributed by atoms with Crippen molar-refractivity contribution in [2.45, 2.75) is 83.3 Å². The zero-order valence-electron chi connectivity index (χ0n) is 20.5. The largest absolute Gasteiger partial charge is 0.394 e. The zero-order chi connectivity index (χ0) is 24.6. The van der Waals surface area contributed by atoms with Gasteiger partial charge in [-0.15, -0.1) is 0 Å². The average Bonchev–Trinajstić information content (AvgIpc) is 3.43. The van der Waals surface area contributed by atoms with E-state index in [0.29, 0.717) is 25.8 Å². The second kappa shape index (κ2) is 9.66. The summed E-state index contributed by atoms with van der Waals surface area (Å²) in [7, 11) is 0. The first-order valence-electron chi connectivity index (χ1n) is 12.4. The highest BCUT2D eigenvalue weighted by Crippen LogP contribution is 2.58. The molecule has 2 unspecified atom stereocenters. The van der Waals surface area contributed by atoms with E-state index < -0.39 is 29.5 Å². The van der Waals surface area contributed by atoms with Gasteiger partial charge in [0.25, 0.3) is 0 Å². The predicted molar refractivity (Wildman–Crippen MR) is 126 cm³/mol. The number of hydrogen-bond donors (Lipinski definition) is 3. The van der Waals surface area contributed by atoms with Gasteiger partial charge in [-0.2, -0.15) is 0 Å². The third-order valence-electron chi connectivity index (χ3n) is 7.38. The van der Waals surface area contributed by atoms with Crippen molar-refractivity contribution in [3.8, 4) is 0 Å². The second-order valence-electron chi connectivity index (χ2n) is 10.6. The fourth-order valence-corrected chi connectivity index (χ4v) is 6.17. The summed E-state index contributed by atoms with van der Waals surface area (Å²) in [6, 6.07) is 8.14. The normalized spacial score (nSPS) is 30.7. The van der Waals surface area contributed by atoms with Crippen LogP contribution in [0.5, 0.6) is 0 Å². The van der Waals surface area contributed by atoms with Crippen molar-refractivity contribution in [1.29, 1.82) is 0 Å². The average molecular weight is 472 g/mol. The molecule has 8 heteroatoms. The maximum absolute atomic E-state index is 13.9. The molecule has 1 aromatic carbocycles. The molecule has 8 nitrogen and oxygen atoms in total. The number of hydrogen-bond acceptors (Lipinski definition) is 5. The molecule has 3 saturated heterocycles. The summed E-state index contributed by atoms with van der Waals surface area (Å²) in [5, 5.41) is 16.1. The number of aliphatic hydroxyl groups excluding tert-OH is 1. The van der Waals surface area contributed by atoms with Crippen LogP contribution in [-0.4, -0.2) is 64.2 Å². The van der Waals surface area contributed by atoms with Gasteiger partial charge in [-0.05, 0) is 44.6 Å². The third-order valence-corrected chi connectivity index (χ3v) is 7.38. The fourth-order valence-electron chi connectivity index (χ4n) is 6.17. The molecule has 1 aromatic rings. The lowest BCUT2D eigenvalue weighted by Gasteiger charge is -2.37. The van der Waals surface area contributed by atoms with Gasteiger partial charge in [0.2, 0.25) is 17.7 Å². The van der Waals surface area contributed by atoms with E-state index in [4.69, 9.17) is 4.74 Å². The number of amides is 3. The van der Waals surface area contributed by atoms with Crippen molar-refractivity contribution in [3.63, 3.8) is 0 Å². The molecule has 186 valence electrons. The Morgan fingerprint density at radius 2 is 1.88 bits per heavy atom. The topological polar surface area (TPSA) is 108 Å². The summed E-state index contributed by atoms with van der Waals surface area (Å²) in [5.74, 6) is -1.92. The molecule has 3 aliphatic heterocycles. The zero-order valence-corrected chi connectivity index (χ0v) is 20.5. The van der Waals surface area contributed by atoms with Crippen LogP contribution in [0.25, 0.3) is 0 Å². The van der Waals surface area contributed by atoms with Gasteiger partial charge in [0.1, 0.15) is 11.6 Å². The van der Waals surface area contributed by atoms with Gasteiger partial charge in [0, 0.05) is 12.6 Å². The van der Waals surface area contributed by atoms with Gasteiger partial charge in [-0.1, -0.05) is 44.2 Å². The summed E-state index contributed by atoms with van der Waals surface area (Å²) in [6.45, 7) is 7.91. The molecule has 0 saturated carbocycles. The molecule has 2 bridgehead atoms. The van der Waals surface area contributed by atoms with E-state index in [1.54, 1.807) is 4.90 Å². The van der Waals surface area contributed by atoms with Crippen molar-refractivity contribution in [2.75, 3.05) is 6.61 Å². The highest BCUT2D eigenvalue weighted by Gasteiger charge is 2.75. The third kappa shape index (κ3) is 4.22. The van der Waals surface area contributed by atoms with Gasteiger partial charge in [0.05, 0.1) is 30.6 Å². The highest BCUT2D eigenvalue weighted by atomic mass is 16.5. The minimum Gasteiger partial charge on any atom is -0.394 e. The number of nitrogens with zero attached hydrogens (tertiary/aromatic N) is 1. The minimum absolute atomic E-state index is 0.110. The van der Waals surface area contributed by atoms with Crippen LogP contribution in [0.2, 0.25) is 0 Å². The molecule has 3 fully saturated rings. The maximum atomic E-state index is 13.9. The molecule has 3 heterocycles. The molecule has 3 N–H and O–H groups in total. The van der Waals surface area contributed by atoms with Crippen LogP contribution in [-0.2, 0) is 25.7 Å². The van der Waals surface area contributed by atoms with E-state index in [0.717, 1.165) is 5.56 Å². The molecule has 3 amide bonds. The monoisotopic (exact) mass is 471 g/mol. The minimum atomic E-state index is -1.04. The van der Waals surface area contributed by atoms with E-state index in [9.17, 15) is 19.5 Å². The van der Waals surface area contributed by atoms with Gasteiger partial charge < -0.3 is 25.4 Å². The first-order chi connectivity index (χ1) is 16.2. The Bertz CT molecular complexity index is 920. The summed E-state index contributed by atoms with van der Waals surface area (Å²) in [5.41, 5.74) is -0.0691. The number of fused-ring (bicyclic) bond motifs is 1. The van der Waals surface area contributed by atoms with Crippen molar-refractivity contribution in [2.24, 2.45) is 17.8 Å². The van der Waals surface area contributed by atoms with E-state index >= 15 is 0 Å². The van der Waals surface area contributed by atoms with Crippen molar-refractivity contribution in [3.05, 3.63) is 35.9 Å². The Labute approximate surface area is 201 Å². The molecule has 4 rings (SSSR count). The molecule has 34 heavy (non-hydrogen) atoms. The van der Waals surface area contributed by atoms with E-state index in [-0.39, 0.29) is 42.4 Å². The quantitative estimate of drug-likeness (QED) is 0.507. The number of carbonyl (C=O) groups excluding carboxylic acids is 3. The van der Waals surface area contributed by atoms with E-state index in [1.165, 1.54) is 0 Å².